The average Bonchev–Trinajstić information content (AvgIpc) is 2.71. The van der Waals surface area contributed by atoms with E-state index in [1.54, 1.807) is 24.3 Å². The summed E-state index contributed by atoms with van der Waals surface area (Å²) in [6.45, 7) is 0. The van der Waals surface area contributed by atoms with Crippen molar-refractivity contribution in [2.45, 2.75) is 0 Å². The summed E-state index contributed by atoms with van der Waals surface area (Å²) >= 11 is 5.84. The van der Waals surface area contributed by atoms with Gasteiger partial charge in [0.05, 0.1) is 5.52 Å². The lowest BCUT2D eigenvalue weighted by molar-refractivity contribution is 0.628. The molecular weight excluding hydrogens is 241 g/mol. The maximum atomic E-state index is 13.2. The molecule has 0 bridgehead atoms. The molecule has 3 nitrogen and oxygen atoms in total. The van der Waals surface area contributed by atoms with Gasteiger partial charge in [0.2, 0.25) is 0 Å². The van der Waals surface area contributed by atoms with Gasteiger partial charge < -0.3 is 0 Å². The van der Waals surface area contributed by atoms with Crippen LogP contribution in [0.25, 0.3) is 22.3 Å². The molecule has 1 N–H and O–H groups in total. The maximum Gasteiger partial charge on any atom is 0.130 e. The Morgan fingerprint density at radius 2 is 2.06 bits per heavy atom. The molecule has 0 fully saturated rings. The van der Waals surface area contributed by atoms with E-state index in [0.29, 0.717) is 21.9 Å². The Kier molecular flexibility index (Phi) is 2.30. The van der Waals surface area contributed by atoms with Crippen molar-refractivity contribution in [3.05, 3.63) is 47.4 Å². The van der Waals surface area contributed by atoms with E-state index < -0.39 is 0 Å². The Bertz CT molecular complexity index is 693. The molecule has 0 saturated heterocycles. The molecule has 3 rings (SSSR count). The Morgan fingerprint density at radius 1 is 1.18 bits per heavy atom. The van der Waals surface area contributed by atoms with E-state index in [-0.39, 0.29) is 5.82 Å². The van der Waals surface area contributed by atoms with Gasteiger partial charge in [-0.3, -0.25) is 5.10 Å². The van der Waals surface area contributed by atoms with Crippen molar-refractivity contribution in [1.82, 2.24) is 15.2 Å². The topological polar surface area (TPSA) is 41.6 Å². The highest BCUT2D eigenvalue weighted by Gasteiger charge is 2.10. The van der Waals surface area contributed by atoms with Crippen LogP contribution >= 0.6 is 11.6 Å². The van der Waals surface area contributed by atoms with E-state index in [1.165, 1.54) is 12.1 Å². The van der Waals surface area contributed by atoms with Gasteiger partial charge in [-0.25, -0.2) is 9.37 Å². The lowest BCUT2D eigenvalue weighted by atomic mass is 10.1. The van der Waals surface area contributed by atoms with E-state index in [0.717, 1.165) is 5.52 Å². The molecule has 2 aromatic heterocycles. The fourth-order valence-electron chi connectivity index (χ4n) is 1.71. The molecule has 0 amide bonds. The second kappa shape index (κ2) is 3.82. The first-order valence-electron chi connectivity index (χ1n) is 5.00. The van der Waals surface area contributed by atoms with Crippen LogP contribution in [0.3, 0.4) is 0 Å². The molecule has 0 radical (unpaired) electrons. The minimum Gasteiger partial charge on any atom is -0.276 e. The van der Waals surface area contributed by atoms with Crippen molar-refractivity contribution in [3.8, 4) is 11.3 Å². The minimum absolute atomic E-state index is 0.305. The molecule has 1 aromatic carbocycles. The Hall–Kier alpha value is -1.94. The number of fused-ring (bicyclic) bond motifs is 1. The lowest BCUT2D eigenvalue weighted by Gasteiger charge is -1.97. The summed E-state index contributed by atoms with van der Waals surface area (Å²) in [7, 11) is 0. The normalized spacial score (nSPS) is 10.9. The number of nitrogens with one attached hydrogen (secondary N) is 1. The Labute approximate surface area is 101 Å². The first kappa shape index (κ1) is 10.2. The van der Waals surface area contributed by atoms with Crippen molar-refractivity contribution >= 4 is 22.6 Å². The van der Waals surface area contributed by atoms with Gasteiger partial charge in [0.1, 0.15) is 22.2 Å². The minimum atomic E-state index is -0.305. The highest BCUT2D eigenvalue weighted by molar-refractivity contribution is 6.29. The first-order chi connectivity index (χ1) is 8.24. The van der Waals surface area contributed by atoms with Gasteiger partial charge in [0.25, 0.3) is 0 Å². The molecule has 0 unspecified atom stereocenters. The molecule has 0 spiro atoms. The molecule has 0 atom stereocenters. The highest BCUT2D eigenvalue weighted by atomic mass is 35.5. The number of hydrogen-bond acceptors (Lipinski definition) is 2. The second-order valence-corrected chi connectivity index (χ2v) is 4.00. The van der Waals surface area contributed by atoms with Gasteiger partial charge in [-0.2, -0.15) is 5.10 Å². The Balaban J connectivity index is 2.27. The number of pyridine rings is 1. The van der Waals surface area contributed by atoms with Crippen molar-refractivity contribution in [2.75, 3.05) is 0 Å². The van der Waals surface area contributed by atoms with Crippen molar-refractivity contribution in [3.63, 3.8) is 0 Å². The van der Waals surface area contributed by atoms with Crippen LogP contribution in [0.5, 0.6) is 0 Å². The van der Waals surface area contributed by atoms with Crippen LogP contribution in [0.2, 0.25) is 5.15 Å². The molecule has 0 aliphatic rings. The monoisotopic (exact) mass is 247 g/mol. The van der Waals surface area contributed by atoms with Crippen molar-refractivity contribution < 1.29 is 4.39 Å². The van der Waals surface area contributed by atoms with Crippen molar-refractivity contribution in [1.29, 1.82) is 0 Å². The van der Waals surface area contributed by atoms with Gasteiger partial charge in [-0.15, -0.1) is 0 Å². The zero-order chi connectivity index (χ0) is 11.8. The van der Waals surface area contributed by atoms with Gasteiger partial charge in [0, 0.05) is 5.56 Å². The van der Waals surface area contributed by atoms with E-state index in [2.05, 4.69) is 15.2 Å². The molecule has 2 heterocycles. The fraction of sp³-hybridized carbons (Fsp3) is 0. The summed E-state index contributed by atoms with van der Waals surface area (Å²) in [5, 5.41) is 7.36. The smallest absolute Gasteiger partial charge is 0.130 e. The molecular formula is C12H7ClFN3. The number of aromatic amines is 1. The predicted molar refractivity (Wildman–Crippen MR) is 64.3 cm³/mol. The zero-order valence-corrected chi connectivity index (χ0v) is 9.37. The van der Waals surface area contributed by atoms with E-state index in [1.807, 2.05) is 0 Å². The quantitative estimate of drug-likeness (QED) is 0.670. The molecule has 0 aliphatic heterocycles. The average molecular weight is 248 g/mol. The summed E-state index contributed by atoms with van der Waals surface area (Å²) in [6.07, 6.45) is 0. The highest BCUT2D eigenvalue weighted by Crippen LogP contribution is 2.26. The van der Waals surface area contributed by atoms with Crippen molar-refractivity contribution in [2.24, 2.45) is 0 Å². The standard InChI is InChI=1S/C12H7ClFN3/c13-10-5-4-9-12(15-10)11(17-16-9)7-2-1-3-8(14)6-7/h1-6H,(H,16,17). The molecule has 3 aromatic rings. The third-order valence-corrected chi connectivity index (χ3v) is 2.68. The van der Waals surface area contributed by atoms with Crippen LogP contribution in [-0.2, 0) is 0 Å². The fourth-order valence-corrected chi connectivity index (χ4v) is 1.86. The number of nitrogens with zero attached hydrogens (tertiary/aromatic N) is 2. The van der Waals surface area contributed by atoms with Crippen LogP contribution < -0.4 is 0 Å². The summed E-state index contributed by atoms with van der Waals surface area (Å²) < 4.78 is 13.2. The van der Waals surface area contributed by atoms with Crippen LogP contribution in [0, 0.1) is 5.82 Å². The number of rotatable bonds is 1. The largest absolute Gasteiger partial charge is 0.276 e. The van der Waals surface area contributed by atoms with E-state index in [9.17, 15) is 4.39 Å². The van der Waals surface area contributed by atoms with Crippen LogP contribution in [0.1, 0.15) is 0 Å². The summed E-state index contributed by atoms with van der Waals surface area (Å²) in [6, 6.07) is 9.69. The number of H-pyrrole nitrogens is 1. The number of benzene rings is 1. The summed E-state index contributed by atoms with van der Waals surface area (Å²) in [5.41, 5.74) is 2.68. The summed E-state index contributed by atoms with van der Waals surface area (Å²) in [5.74, 6) is -0.305. The van der Waals surface area contributed by atoms with Crippen LogP contribution in [0.15, 0.2) is 36.4 Å². The predicted octanol–water partition coefficient (Wildman–Crippen LogP) is 3.42. The molecule has 84 valence electrons. The first-order valence-corrected chi connectivity index (χ1v) is 5.38. The Morgan fingerprint density at radius 3 is 2.88 bits per heavy atom. The number of hydrogen-bond donors (Lipinski definition) is 1. The van der Waals surface area contributed by atoms with Crippen LogP contribution in [-0.4, -0.2) is 15.2 Å². The van der Waals surface area contributed by atoms with Gasteiger partial charge in [0.15, 0.2) is 0 Å². The second-order valence-electron chi connectivity index (χ2n) is 3.61. The molecule has 0 aliphatic carbocycles. The number of halogens is 2. The third kappa shape index (κ3) is 1.76. The van der Waals surface area contributed by atoms with E-state index >= 15 is 0 Å². The maximum absolute atomic E-state index is 13.2. The van der Waals surface area contributed by atoms with Gasteiger partial charge >= 0.3 is 0 Å². The zero-order valence-electron chi connectivity index (χ0n) is 8.61. The number of aromatic nitrogens is 3. The van der Waals surface area contributed by atoms with Gasteiger partial charge in [-0.1, -0.05) is 23.7 Å². The van der Waals surface area contributed by atoms with Crippen LogP contribution in [0.4, 0.5) is 4.39 Å². The van der Waals surface area contributed by atoms with Gasteiger partial charge in [-0.05, 0) is 24.3 Å². The molecule has 5 heteroatoms. The molecule has 17 heavy (non-hydrogen) atoms. The van der Waals surface area contributed by atoms with E-state index in [4.69, 9.17) is 11.6 Å². The third-order valence-electron chi connectivity index (χ3n) is 2.47. The molecule has 0 saturated carbocycles. The lowest BCUT2D eigenvalue weighted by Crippen LogP contribution is -1.83. The SMILES string of the molecule is Fc1cccc(-c2n[nH]c3ccc(Cl)nc23)c1. The summed E-state index contributed by atoms with van der Waals surface area (Å²) in [4.78, 5) is 4.19.